The van der Waals surface area contributed by atoms with Crippen molar-refractivity contribution in [1.29, 1.82) is 0 Å². The molecule has 0 spiro atoms. The average molecular weight is 621 g/mol. The Kier molecular flexibility index (Phi) is 8.45. The number of primary amides is 1. The summed E-state index contributed by atoms with van der Waals surface area (Å²) in [5.74, 6) is -2.74. The molecule has 37 heavy (non-hydrogen) atoms. The first-order valence-corrected chi connectivity index (χ1v) is 13.0. The van der Waals surface area contributed by atoms with E-state index >= 15 is 0 Å². The van der Waals surface area contributed by atoms with Gasteiger partial charge in [0.15, 0.2) is 0 Å². The number of hydrogen-bond donors (Lipinski definition) is 1. The minimum Gasteiger partial charge on any atom is -0.366 e. The van der Waals surface area contributed by atoms with Crippen LogP contribution in [-0.2, 0) is 15.5 Å². The van der Waals surface area contributed by atoms with Crippen molar-refractivity contribution in [3.63, 3.8) is 0 Å². The normalized spacial score (nSPS) is 13.8. The topological polar surface area (TPSA) is 97.5 Å². The van der Waals surface area contributed by atoms with Crippen LogP contribution in [0.2, 0.25) is 0 Å². The van der Waals surface area contributed by atoms with Gasteiger partial charge in [-0.05, 0) is 53.5 Å². The molecule has 0 radical (unpaired) electrons. The van der Waals surface area contributed by atoms with E-state index in [2.05, 4.69) is 15.9 Å². The van der Waals surface area contributed by atoms with Gasteiger partial charge in [-0.3, -0.25) is 9.59 Å². The van der Waals surface area contributed by atoms with Crippen LogP contribution in [0.15, 0.2) is 40.9 Å². The third-order valence-electron chi connectivity index (χ3n) is 5.33. The van der Waals surface area contributed by atoms with E-state index in [-0.39, 0.29) is 33.4 Å². The van der Waals surface area contributed by atoms with Crippen molar-refractivity contribution in [2.45, 2.75) is 37.9 Å². The van der Waals surface area contributed by atoms with Gasteiger partial charge in [0.2, 0.25) is 5.91 Å². The molecule has 2 aromatic rings. The molecular weight excluding hydrogens is 601 g/mol. The Hall–Kier alpha value is -2.68. The number of sulfone groups is 1. The lowest BCUT2D eigenvalue weighted by Crippen LogP contribution is -2.50. The number of anilines is 1. The molecule has 1 unspecified atom stereocenters. The third-order valence-corrected chi connectivity index (χ3v) is 7.08. The van der Waals surface area contributed by atoms with Crippen molar-refractivity contribution in [2.24, 2.45) is 5.73 Å². The number of rotatable bonds is 7. The number of amides is 2. The molecule has 0 aliphatic rings. The van der Waals surface area contributed by atoms with Gasteiger partial charge in [0.25, 0.3) is 5.91 Å². The lowest BCUT2D eigenvalue weighted by Gasteiger charge is -2.33. The predicted octanol–water partition coefficient (Wildman–Crippen LogP) is 5.23. The first-order chi connectivity index (χ1) is 16.6. The molecule has 0 saturated heterocycles. The first-order valence-electron chi connectivity index (χ1n) is 10.2. The molecule has 0 bridgehead atoms. The molecular formula is C22H20BrF7N2O4S. The second kappa shape index (κ2) is 10.2. The zero-order chi connectivity index (χ0) is 28.7. The van der Waals surface area contributed by atoms with Gasteiger partial charge in [0.1, 0.15) is 9.84 Å². The van der Waals surface area contributed by atoms with Crippen LogP contribution < -0.4 is 10.6 Å². The Bertz CT molecular complexity index is 1310. The van der Waals surface area contributed by atoms with E-state index in [1.54, 1.807) is 0 Å². The molecule has 6 nitrogen and oxygen atoms in total. The van der Waals surface area contributed by atoms with Crippen LogP contribution in [0.3, 0.4) is 0 Å². The lowest BCUT2D eigenvalue weighted by molar-refractivity contribution is -0.348. The highest BCUT2D eigenvalue weighted by atomic mass is 79.9. The van der Waals surface area contributed by atoms with Crippen LogP contribution in [0, 0.1) is 6.92 Å². The second-order valence-corrected chi connectivity index (χ2v) is 11.3. The Balaban J connectivity index is 2.81. The van der Waals surface area contributed by atoms with Gasteiger partial charge < -0.3 is 10.6 Å². The van der Waals surface area contributed by atoms with Crippen molar-refractivity contribution in [3.8, 4) is 0 Å². The van der Waals surface area contributed by atoms with Crippen LogP contribution in [0.25, 0.3) is 0 Å². The van der Waals surface area contributed by atoms with Crippen LogP contribution >= 0.6 is 15.9 Å². The summed E-state index contributed by atoms with van der Waals surface area (Å²) in [5.41, 5.74) is -3.50. The number of halogens is 8. The van der Waals surface area contributed by atoms with Crippen LogP contribution in [0.1, 0.15) is 38.8 Å². The lowest BCUT2D eigenvalue weighted by atomic mass is 9.92. The summed E-state index contributed by atoms with van der Waals surface area (Å²) in [6, 6.07) is 3.83. The van der Waals surface area contributed by atoms with Gasteiger partial charge in [-0.25, -0.2) is 12.8 Å². The van der Waals surface area contributed by atoms with E-state index in [0.717, 1.165) is 18.1 Å². The van der Waals surface area contributed by atoms with Crippen molar-refractivity contribution < 1.29 is 48.7 Å². The van der Waals surface area contributed by atoms with Gasteiger partial charge in [-0.1, -0.05) is 18.2 Å². The number of carbonyl (C=O) groups is 2. The fraction of sp³-hybridized carbons (Fsp3) is 0.364. The van der Waals surface area contributed by atoms with Gasteiger partial charge in [0, 0.05) is 28.0 Å². The van der Waals surface area contributed by atoms with Gasteiger partial charge in [-0.2, -0.15) is 26.3 Å². The summed E-state index contributed by atoms with van der Waals surface area (Å²) < 4.78 is 118. The molecule has 204 valence electrons. The highest BCUT2D eigenvalue weighted by Crippen LogP contribution is 2.53. The van der Waals surface area contributed by atoms with E-state index in [4.69, 9.17) is 5.73 Å². The number of nitrogens with two attached hydrogens (primary N) is 1. The second-order valence-electron chi connectivity index (χ2n) is 8.30. The fourth-order valence-corrected chi connectivity index (χ4v) is 5.32. The van der Waals surface area contributed by atoms with Crippen molar-refractivity contribution >= 4 is 43.3 Å². The maximum atomic E-state index is 14.6. The summed E-state index contributed by atoms with van der Waals surface area (Å²) in [6.07, 6.45) is -11.9. The summed E-state index contributed by atoms with van der Waals surface area (Å²) in [4.78, 5) is 26.3. The molecule has 0 aliphatic heterocycles. The Labute approximate surface area is 215 Å². The number of carbonyl (C=O) groups excluding carboxylic acids is 2. The molecule has 2 N–H and O–H groups in total. The maximum absolute atomic E-state index is 14.6. The average Bonchev–Trinajstić information content (AvgIpc) is 2.71. The molecule has 0 aliphatic carbocycles. The number of hydrogen-bond acceptors (Lipinski definition) is 4. The molecule has 0 fully saturated rings. The first kappa shape index (κ1) is 30.5. The maximum Gasteiger partial charge on any atom is 0.435 e. The van der Waals surface area contributed by atoms with Gasteiger partial charge in [0.05, 0.1) is 16.9 Å². The number of alkyl halides is 7. The molecule has 2 rings (SSSR count). The summed E-state index contributed by atoms with van der Waals surface area (Å²) in [6.45, 7) is 2.28. The number of nitrogens with zero attached hydrogens (tertiary/aromatic N) is 1. The van der Waals surface area contributed by atoms with Gasteiger partial charge in [-0.15, -0.1) is 0 Å². The molecule has 0 saturated carbocycles. The third kappa shape index (κ3) is 6.08. The smallest absolute Gasteiger partial charge is 0.366 e. The quantitative estimate of drug-likeness (QED) is 0.429. The van der Waals surface area contributed by atoms with Crippen LogP contribution in [0.4, 0.5) is 36.4 Å². The summed E-state index contributed by atoms with van der Waals surface area (Å²) in [5, 5.41) is 0. The van der Waals surface area contributed by atoms with E-state index < -0.39 is 62.6 Å². The molecule has 2 aromatic carbocycles. The standard InChI is InChI=1S/C22H20BrF7N2O4S/c1-11-9-13(20(24,21(25,26)27)22(28,29)30)7-8-16(11)32(12(2)10-37(3,35)36)19(34)17-14(18(31)33)5-4-6-15(17)23/h4-9,12H,10H2,1-3H3,(H2,31,33). The molecule has 15 heteroatoms. The molecule has 0 aromatic heterocycles. The van der Waals surface area contributed by atoms with E-state index in [9.17, 15) is 48.7 Å². The Morgan fingerprint density at radius 1 is 1.03 bits per heavy atom. The van der Waals surface area contributed by atoms with Gasteiger partial charge >= 0.3 is 18.0 Å². The monoisotopic (exact) mass is 620 g/mol. The van der Waals surface area contributed by atoms with Crippen molar-refractivity contribution in [3.05, 3.63) is 63.1 Å². The number of benzene rings is 2. The minimum atomic E-state index is -6.36. The minimum absolute atomic E-state index is 0.0524. The number of aryl methyl sites for hydroxylation is 1. The van der Waals surface area contributed by atoms with E-state index in [0.29, 0.717) is 6.07 Å². The highest BCUT2D eigenvalue weighted by Gasteiger charge is 2.73. The molecule has 2 amide bonds. The van der Waals surface area contributed by atoms with E-state index in [1.807, 2.05) is 0 Å². The molecule has 1 atom stereocenters. The zero-order valence-electron chi connectivity index (χ0n) is 19.3. The SMILES string of the molecule is Cc1cc(C(F)(C(F)(F)F)C(F)(F)F)ccc1N(C(=O)c1c(Br)cccc1C(N)=O)C(C)CS(C)(=O)=O. The van der Waals surface area contributed by atoms with Crippen molar-refractivity contribution in [1.82, 2.24) is 0 Å². The van der Waals surface area contributed by atoms with Crippen molar-refractivity contribution in [2.75, 3.05) is 16.9 Å². The molecule has 0 heterocycles. The predicted molar refractivity (Wildman–Crippen MR) is 125 cm³/mol. The Morgan fingerprint density at radius 3 is 2.00 bits per heavy atom. The highest BCUT2D eigenvalue weighted by molar-refractivity contribution is 9.10. The summed E-state index contributed by atoms with van der Waals surface area (Å²) >= 11 is 3.09. The van der Waals surface area contributed by atoms with Crippen LogP contribution in [-0.4, -0.2) is 50.6 Å². The zero-order valence-corrected chi connectivity index (χ0v) is 21.7. The summed E-state index contributed by atoms with van der Waals surface area (Å²) in [7, 11) is -3.77. The largest absolute Gasteiger partial charge is 0.435 e. The fourth-order valence-electron chi connectivity index (χ4n) is 3.76. The van der Waals surface area contributed by atoms with Crippen LogP contribution in [0.5, 0.6) is 0 Å². The van der Waals surface area contributed by atoms with E-state index in [1.165, 1.54) is 25.1 Å². The Morgan fingerprint density at radius 2 is 1.57 bits per heavy atom.